The van der Waals surface area contributed by atoms with Gasteiger partial charge in [0.15, 0.2) is 0 Å². The Kier molecular flexibility index (Phi) is 4.47. The number of hydrogen-bond acceptors (Lipinski definition) is 3. The van der Waals surface area contributed by atoms with Gasteiger partial charge in [-0.25, -0.2) is 13.6 Å². The number of thiophene rings is 1. The summed E-state index contributed by atoms with van der Waals surface area (Å²) in [7, 11) is 0. The van der Waals surface area contributed by atoms with Gasteiger partial charge in [-0.1, -0.05) is 29.8 Å². The smallest absolute Gasteiger partial charge is 0.346 e. The minimum Gasteiger partial charge on any atom is -0.477 e. The number of anilines is 1. The topological polar surface area (TPSA) is 66.4 Å². The van der Waals surface area contributed by atoms with Crippen molar-refractivity contribution in [2.45, 2.75) is 19.3 Å². The van der Waals surface area contributed by atoms with E-state index in [4.69, 9.17) is 0 Å². The molecule has 0 spiro atoms. The van der Waals surface area contributed by atoms with Gasteiger partial charge in [0.2, 0.25) is 5.91 Å². The van der Waals surface area contributed by atoms with Gasteiger partial charge in [0, 0.05) is 22.8 Å². The molecule has 1 unspecified atom stereocenters. The second-order valence-electron chi connectivity index (χ2n) is 6.69. The molecule has 1 aromatic heterocycles. The molecule has 2 aromatic carbocycles. The first kappa shape index (κ1) is 18.3. The van der Waals surface area contributed by atoms with Crippen LogP contribution in [0, 0.1) is 18.6 Å². The largest absolute Gasteiger partial charge is 0.477 e. The Hall–Kier alpha value is -3.06. The highest BCUT2D eigenvalue weighted by Crippen LogP contribution is 2.49. The number of aromatic carboxylic acids is 1. The zero-order valence-electron chi connectivity index (χ0n) is 14.8. The lowest BCUT2D eigenvalue weighted by Gasteiger charge is -2.24. The van der Waals surface area contributed by atoms with Crippen LogP contribution in [0.15, 0.2) is 42.5 Å². The molecule has 1 atom stereocenters. The van der Waals surface area contributed by atoms with Crippen LogP contribution in [0.2, 0.25) is 0 Å². The fraction of sp³-hybridized carbons (Fsp3) is 0.143. The zero-order valence-corrected chi connectivity index (χ0v) is 15.6. The number of hydrogen-bond donors (Lipinski definition) is 2. The first-order valence-corrected chi connectivity index (χ1v) is 9.38. The lowest BCUT2D eigenvalue weighted by Crippen LogP contribution is -2.23. The van der Waals surface area contributed by atoms with E-state index < -0.39 is 23.5 Å². The van der Waals surface area contributed by atoms with Crippen molar-refractivity contribution in [1.82, 2.24) is 0 Å². The SMILES string of the molecule is Cc1ccc(-c2c(C(=O)O)sc3c2NC(=O)CC3c2cc(F)ccc2F)cc1. The molecule has 4 rings (SSSR count). The predicted molar refractivity (Wildman–Crippen MR) is 103 cm³/mol. The number of carboxylic acids is 1. The number of fused-ring (bicyclic) bond motifs is 1. The third kappa shape index (κ3) is 3.07. The van der Waals surface area contributed by atoms with Crippen LogP contribution in [-0.2, 0) is 4.79 Å². The molecule has 2 heterocycles. The maximum atomic E-state index is 14.4. The zero-order chi connectivity index (χ0) is 20.0. The van der Waals surface area contributed by atoms with E-state index in [-0.39, 0.29) is 22.8 Å². The number of carbonyl (C=O) groups is 2. The Morgan fingerprint density at radius 2 is 1.89 bits per heavy atom. The number of aryl methyl sites for hydroxylation is 1. The molecule has 0 aliphatic carbocycles. The highest BCUT2D eigenvalue weighted by Gasteiger charge is 2.35. The molecule has 1 amide bonds. The molecule has 0 radical (unpaired) electrons. The van der Waals surface area contributed by atoms with Crippen molar-refractivity contribution in [3.05, 3.63) is 75.0 Å². The molecule has 28 heavy (non-hydrogen) atoms. The van der Waals surface area contributed by atoms with Gasteiger partial charge >= 0.3 is 5.97 Å². The van der Waals surface area contributed by atoms with Gasteiger partial charge in [0.1, 0.15) is 16.5 Å². The third-order valence-electron chi connectivity index (χ3n) is 4.77. The number of benzene rings is 2. The summed E-state index contributed by atoms with van der Waals surface area (Å²) < 4.78 is 28.1. The quantitative estimate of drug-likeness (QED) is 0.638. The summed E-state index contributed by atoms with van der Waals surface area (Å²) in [6.07, 6.45) is -0.0831. The maximum absolute atomic E-state index is 14.4. The fourth-order valence-electron chi connectivity index (χ4n) is 3.47. The molecular weight excluding hydrogens is 384 g/mol. The van der Waals surface area contributed by atoms with Crippen LogP contribution in [0.5, 0.6) is 0 Å². The van der Waals surface area contributed by atoms with E-state index in [0.29, 0.717) is 21.7 Å². The lowest BCUT2D eigenvalue weighted by atomic mass is 9.88. The molecule has 7 heteroatoms. The molecule has 0 bridgehead atoms. The summed E-state index contributed by atoms with van der Waals surface area (Å²) in [6, 6.07) is 10.3. The Morgan fingerprint density at radius 1 is 1.18 bits per heavy atom. The monoisotopic (exact) mass is 399 g/mol. The summed E-state index contributed by atoms with van der Waals surface area (Å²) in [5, 5.41) is 12.5. The van der Waals surface area contributed by atoms with Crippen molar-refractivity contribution in [3.8, 4) is 11.1 Å². The first-order chi connectivity index (χ1) is 13.3. The van der Waals surface area contributed by atoms with Crippen molar-refractivity contribution in [1.29, 1.82) is 0 Å². The lowest BCUT2D eigenvalue weighted by molar-refractivity contribution is -0.116. The second kappa shape index (κ2) is 6.83. The van der Waals surface area contributed by atoms with Crippen molar-refractivity contribution >= 4 is 28.9 Å². The predicted octanol–water partition coefficient (Wildman–Crippen LogP) is 5.17. The van der Waals surface area contributed by atoms with Crippen LogP contribution in [0.4, 0.5) is 14.5 Å². The summed E-state index contributed by atoms with van der Waals surface area (Å²) >= 11 is 0.985. The van der Waals surface area contributed by atoms with Crippen LogP contribution >= 0.6 is 11.3 Å². The van der Waals surface area contributed by atoms with Crippen molar-refractivity contribution in [2.24, 2.45) is 0 Å². The Labute approximate surface area is 163 Å². The van der Waals surface area contributed by atoms with E-state index in [1.165, 1.54) is 0 Å². The molecule has 1 aliphatic heterocycles. The molecule has 0 saturated carbocycles. The highest BCUT2D eigenvalue weighted by molar-refractivity contribution is 7.15. The molecule has 2 N–H and O–H groups in total. The van der Waals surface area contributed by atoms with Gasteiger partial charge in [0.05, 0.1) is 5.69 Å². The Morgan fingerprint density at radius 3 is 2.57 bits per heavy atom. The van der Waals surface area contributed by atoms with E-state index in [1.807, 2.05) is 19.1 Å². The van der Waals surface area contributed by atoms with Gasteiger partial charge in [-0.15, -0.1) is 11.3 Å². The van der Waals surface area contributed by atoms with Crippen molar-refractivity contribution < 1.29 is 23.5 Å². The van der Waals surface area contributed by atoms with Crippen LogP contribution in [0.3, 0.4) is 0 Å². The van der Waals surface area contributed by atoms with Crippen LogP contribution in [0.25, 0.3) is 11.1 Å². The standard InChI is InChI=1S/C21H15F2NO3S/c1-10-2-4-11(5-3-10)17-18-19(28-20(17)21(26)27)14(9-16(25)24-18)13-8-12(22)6-7-15(13)23/h2-8,14H,9H2,1H3,(H,24,25)(H,26,27). The number of amides is 1. The number of rotatable bonds is 3. The summed E-state index contributed by atoms with van der Waals surface area (Å²) in [5.41, 5.74) is 2.44. The van der Waals surface area contributed by atoms with Crippen molar-refractivity contribution in [2.75, 3.05) is 5.32 Å². The van der Waals surface area contributed by atoms with Gasteiger partial charge in [-0.3, -0.25) is 4.79 Å². The normalized spacial score (nSPS) is 15.8. The third-order valence-corrected chi connectivity index (χ3v) is 6.07. The summed E-state index contributed by atoms with van der Waals surface area (Å²) in [5.74, 6) is -3.50. The van der Waals surface area contributed by atoms with Gasteiger partial charge in [0.25, 0.3) is 0 Å². The molecule has 0 saturated heterocycles. The van der Waals surface area contributed by atoms with Gasteiger partial charge in [-0.2, -0.15) is 0 Å². The summed E-state index contributed by atoms with van der Waals surface area (Å²) in [6.45, 7) is 1.91. The van der Waals surface area contributed by atoms with E-state index in [0.717, 1.165) is 35.1 Å². The highest BCUT2D eigenvalue weighted by atomic mass is 32.1. The number of carboxylic acid groups (broad SMARTS) is 1. The fourth-order valence-corrected chi connectivity index (χ4v) is 4.70. The number of nitrogens with one attached hydrogen (secondary N) is 1. The molecule has 1 aliphatic rings. The van der Waals surface area contributed by atoms with E-state index in [1.54, 1.807) is 12.1 Å². The second-order valence-corrected chi connectivity index (χ2v) is 7.74. The molecule has 3 aromatic rings. The number of carbonyl (C=O) groups excluding carboxylic acids is 1. The van der Waals surface area contributed by atoms with E-state index in [9.17, 15) is 23.5 Å². The minimum atomic E-state index is -1.14. The number of halogens is 2. The minimum absolute atomic E-state index is 0.0461. The average molecular weight is 399 g/mol. The van der Waals surface area contributed by atoms with Gasteiger partial charge in [-0.05, 0) is 36.2 Å². The van der Waals surface area contributed by atoms with Crippen LogP contribution in [-0.4, -0.2) is 17.0 Å². The Bertz CT molecular complexity index is 1110. The van der Waals surface area contributed by atoms with Crippen LogP contribution in [0.1, 0.15) is 38.0 Å². The maximum Gasteiger partial charge on any atom is 0.346 e. The van der Waals surface area contributed by atoms with E-state index in [2.05, 4.69) is 5.32 Å². The molecule has 142 valence electrons. The van der Waals surface area contributed by atoms with Crippen LogP contribution < -0.4 is 5.32 Å². The summed E-state index contributed by atoms with van der Waals surface area (Å²) in [4.78, 5) is 24.8. The Balaban J connectivity index is 1.96. The van der Waals surface area contributed by atoms with E-state index >= 15 is 0 Å². The molecule has 0 fully saturated rings. The average Bonchev–Trinajstić information content (AvgIpc) is 3.03. The first-order valence-electron chi connectivity index (χ1n) is 8.57. The molecule has 4 nitrogen and oxygen atoms in total. The van der Waals surface area contributed by atoms with Crippen molar-refractivity contribution in [3.63, 3.8) is 0 Å². The molecular formula is C21H15F2NO3S. The van der Waals surface area contributed by atoms with Gasteiger partial charge < -0.3 is 10.4 Å².